The molecular weight excluding hydrogens is 320 g/mol. The molecule has 1 aromatic rings. The highest BCUT2D eigenvalue weighted by Gasteiger charge is 2.35. The fourth-order valence-electron chi connectivity index (χ4n) is 4.05. The standard InChI is InChI=1S/C19H28N2O2S/c1-13-7-5-8-15(14(13)2)20-18(22)16-9-3-4-11-21(16)19(23)17-10-6-12-24-17/h6,10,12-16H,3-5,7-9,11H2,1-2H3,(H,20,22). The lowest BCUT2D eigenvalue weighted by atomic mass is 9.78. The van der Waals surface area contributed by atoms with Crippen molar-refractivity contribution in [2.75, 3.05) is 6.54 Å². The quantitative estimate of drug-likeness (QED) is 0.906. The molecule has 5 heteroatoms. The van der Waals surface area contributed by atoms with Crippen LogP contribution in [0.4, 0.5) is 0 Å². The number of thiophene rings is 1. The van der Waals surface area contributed by atoms with Gasteiger partial charge in [0.2, 0.25) is 5.91 Å². The molecule has 0 radical (unpaired) electrons. The average Bonchev–Trinajstić information content (AvgIpc) is 3.13. The molecule has 24 heavy (non-hydrogen) atoms. The van der Waals surface area contributed by atoms with Gasteiger partial charge in [-0.1, -0.05) is 32.8 Å². The highest BCUT2D eigenvalue weighted by atomic mass is 32.1. The Morgan fingerprint density at radius 1 is 1.17 bits per heavy atom. The van der Waals surface area contributed by atoms with Gasteiger partial charge in [0.25, 0.3) is 5.91 Å². The van der Waals surface area contributed by atoms with E-state index in [0.29, 0.717) is 18.4 Å². The first kappa shape index (κ1) is 17.5. The number of rotatable bonds is 3. The van der Waals surface area contributed by atoms with E-state index < -0.39 is 0 Å². The predicted molar refractivity (Wildman–Crippen MR) is 97.1 cm³/mol. The van der Waals surface area contributed by atoms with Crippen molar-refractivity contribution in [2.45, 2.75) is 64.5 Å². The SMILES string of the molecule is CC1CCCC(NC(=O)C2CCCCN2C(=O)c2cccs2)C1C. The second kappa shape index (κ2) is 7.68. The molecular formula is C19H28N2O2S. The molecule has 4 nitrogen and oxygen atoms in total. The van der Waals surface area contributed by atoms with Gasteiger partial charge in [-0.15, -0.1) is 11.3 Å². The van der Waals surface area contributed by atoms with Crippen LogP contribution < -0.4 is 5.32 Å². The number of likely N-dealkylation sites (tertiary alicyclic amines) is 1. The molecule has 0 aromatic carbocycles. The Bertz CT molecular complexity index is 572. The van der Waals surface area contributed by atoms with Crippen LogP contribution in [-0.4, -0.2) is 35.3 Å². The van der Waals surface area contributed by atoms with Crippen molar-refractivity contribution >= 4 is 23.2 Å². The second-order valence-corrected chi connectivity index (χ2v) is 8.32. The number of carbonyl (C=O) groups is 2. The summed E-state index contributed by atoms with van der Waals surface area (Å²) in [7, 11) is 0. The molecule has 3 rings (SSSR count). The van der Waals surface area contributed by atoms with E-state index in [0.717, 1.165) is 30.6 Å². The third-order valence-corrected chi connectivity index (χ3v) is 6.69. The van der Waals surface area contributed by atoms with E-state index >= 15 is 0 Å². The first-order valence-electron chi connectivity index (χ1n) is 9.22. The summed E-state index contributed by atoms with van der Waals surface area (Å²) < 4.78 is 0. The largest absolute Gasteiger partial charge is 0.351 e. The highest BCUT2D eigenvalue weighted by molar-refractivity contribution is 7.12. The van der Waals surface area contributed by atoms with Gasteiger partial charge < -0.3 is 10.2 Å². The smallest absolute Gasteiger partial charge is 0.264 e. The Labute approximate surface area is 148 Å². The minimum atomic E-state index is -0.308. The van der Waals surface area contributed by atoms with Gasteiger partial charge in [-0.3, -0.25) is 9.59 Å². The van der Waals surface area contributed by atoms with Crippen LogP contribution in [0.1, 0.15) is 62.0 Å². The number of nitrogens with zero attached hydrogens (tertiary/aromatic N) is 1. The summed E-state index contributed by atoms with van der Waals surface area (Å²) >= 11 is 1.45. The van der Waals surface area contributed by atoms with E-state index in [1.54, 1.807) is 4.90 Å². The van der Waals surface area contributed by atoms with Crippen LogP contribution in [0.15, 0.2) is 17.5 Å². The second-order valence-electron chi connectivity index (χ2n) is 7.37. The summed E-state index contributed by atoms with van der Waals surface area (Å²) in [6.45, 7) is 5.20. The molecule has 2 aliphatic rings. The fraction of sp³-hybridized carbons (Fsp3) is 0.684. The van der Waals surface area contributed by atoms with E-state index in [2.05, 4.69) is 19.2 Å². The Morgan fingerprint density at radius 3 is 2.75 bits per heavy atom. The third kappa shape index (κ3) is 3.66. The molecule has 1 aliphatic carbocycles. The molecule has 2 heterocycles. The van der Waals surface area contributed by atoms with Crippen molar-refractivity contribution in [1.29, 1.82) is 0 Å². The molecule has 1 aliphatic heterocycles. The molecule has 0 spiro atoms. The van der Waals surface area contributed by atoms with E-state index in [9.17, 15) is 9.59 Å². The van der Waals surface area contributed by atoms with Gasteiger partial charge in [0.1, 0.15) is 6.04 Å². The number of nitrogens with one attached hydrogen (secondary N) is 1. The average molecular weight is 349 g/mol. The van der Waals surface area contributed by atoms with Crippen LogP contribution in [0.5, 0.6) is 0 Å². The maximum absolute atomic E-state index is 12.9. The van der Waals surface area contributed by atoms with Gasteiger partial charge in [-0.25, -0.2) is 0 Å². The van der Waals surface area contributed by atoms with Crippen LogP contribution in [-0.2, 0) is 4.79 Å². The zero-order valence-electron chi connectivity index (χ0n) is 14.7. The first-order valence-corrected chi connectivity index (χ1v) is 10.1. The van der Waals surface area contributed by atoms with E-state index in [4.69, 9.17) is 0 Å². The summed E-state index contributed by atoms with van der Waals surface area (Å²) in [6.07, 6.45) is 6.27. The van der Waals surface area contributed by atoms with Crippen molar-refractivity contribution < 1.29 is 9.59 Å². The van der Waals surface area contributed by atoms with Crippen LogP contribution >= 0.6 is 11.3 Å². The number of hydrogen-bond acceptors (Lipinski definition) is 3. The molecule has 4 unspecified atom stereocenters. The van der Waals surface area contributed by atoms with Gasteiger partial charge in [0.15, 0.2) is 0 Å². The summed E-state index contributed by atoms with van der Waals surface area (Å²) in [5.74, 6) is 1.22. The lowest BCUT2D eigenvalue weighted by Crippen LogP contribution is -2.55. The van der Waals surface area contributed by atoms with Crippen molar-refractivity contribution in [3.63, 3.8) is 0 Å². The molecule has 1 N–H and O–H groups in total. The Morgan fingerprint density at radius 2 is 2.00 bits per heavy atom. The highest BCUT2D eigenvalue weighted by Crippen LogP contribution is 2.30. The summed E-state index contributed by atoms with van der Waals surface area (Å²) in [4.78, 5) is 28.2. The Hall–Kier alpha value is -1.36. The van der Waals surface area contributed by atoms with E-state index in [1.165, 1.54) is 24.2 Å². The third-order valence-electron chi connectivity index (χ3n) is 5.83. The van der Waals surface area contributed by atoms with Crippen molar-refractivity contribution in [3.05, 3.63) is 22.4 Å². The Kier molecular flexibility index (Phi) is 5.59. The molecule has 1 saturated carbocycles. The van der Waals surface area contributed by atoms with Crippen LogP contribution in [0.25, 0.3) is 0 Å². The lowest BCUT2D eigenvalue weighted by molar-refractivity contribution is -0.128. The maximum atomic E-state index is 12.9. The van der Waals surface area contributed by atoms with Gasteiger partial charge in [-0.2, -0.15) is 0 Å². The lowest BCUT2D eigenvalue weighted by Gasteiger charge is -2.38. The van der Waals surface area contributed by atoms with Crippen molar-refractivity contribution in [2.24, 2.45) is 11.8 Å². The summed E-state index contributed by atoms with van der Waals surface area (Å²) in [6, 6.07) is 3.68. The predicted octanol–water partition coefficient (Wildman–Crippen LogP) is 3.68. The van der Waals surface area contributed by atoms with E-state index in [1.807, 2.05) is 17.5 Å². The van der Waals surface area contributed by atoms with Gasteiger partial charge in [0.05, 0.1) is 4.88 Å². The summed E-state index contributed by atoms with van der Waals surface area (Å²) in [5, 5.41) is 5.18. The molecule has 132 valence electrons. The minimum absolute atomic E-state index is 0.00918. The van der Waals surface area contributed by atoms with Gasteiger partial charge in [0, 0.05) is 12.6 Å². The normalized spacial score (nSPS) is 30.8. The number of amides is 2. The van der Waals surface area contributed by atoms with E-state index in [-0.39, 0.29) is 23.9 Å². The number of carbonyl (C=O) groups excluding carboxylic acids is 2. The van der Waals surface area contributed by atoms with Gasteiger partial charge in [-0.05, 0) is 49.0 Å². The molecule has 0 bridgehead atoms. The van der Waals surface area contributed by atoms with Crippen molar-refractivity contribution in [3.8, 4) is 0 Å². The molecule has 2 amide bonds. The summed E-state index contributed by atoms with van der Waals surface area (Å²) in [5.41, 5.74) is 0. The molecule has 4 atom stereocenters. The first-order chi connectivity index (χ1) is 11.6. The maximum Gasteiger partial charge on any atom is 0.264 e. The van der Waals surface area contributed by atoms with Crippen LogP contribution in [0.3, 0.4) is 0 Å². The topological polar surface area (TPSA) is 49.4 Å². The van der Waals surface area contributed by atoms with Crippen LogP contribution in [0.2, 0.25) is 0 Å². The minimum Gasteiger partial charge on any atom is -0.351 e. The van der Waals surface area contributed by atoms with Gasteiger partial charge >= 0.3 is 0 Å². The zero-order valence-corrected chi connectivity index (χ0v) is 15.5. The van der Waals surface area contributed by atoms with Crippen LogP contribution in [0, 0.1) is 11.8 Å². The zero-order chi connectivity index (χ0) is 17.1. The molecule has 1 aromatic heterocycles. The number of hydrogen-bond donors (Lipinski definition) is 1. The monoisotopic (exact) mass is 348 g/mol. The Balaban J connectivity index is 1.68. The molecule has 2 fully saturated rings. The van der Waals surface area contributed by atoms with Crippen molar-refractivity contribution in [1.82, 2.24) is 10.2 Å². The fourth-order valence-corrected chi connectivity index (χ4v) is 4.73. The number of piperidine rings is 1. The molecule has 1 saturated heterocycles.